The first-order valence-corrected chi connectivity index (χ1v) is 14.1. The van der Waals surface area contributed by atoms with Gasteiger partial charge in [-0.2, -0.15) is 8.42 Å². The Bertz CT molecular complexity index is 708. The third kappa shape index (κ3) is 9.82. The molecule has 0 amide bonds. The topological polar surface area (TPSA) is 69.6 Å². The average molecular weight is 453 g/mol. The number of hydrogen-bond acceptors (Lipinski definition) is 3. The number of nitrogens with zero attached hydrogens (tertiary/aromatic N) is 1. The second kappa shape index (κ2) is 14.7. The summed E-state index contributed by atoms with van der Waals surface area (Å²) >= 11 is 0. The highest BCUT2D eigenvalue weighted by Crippen LogP contribution is 2.37. The van der Waals surface area contributed by atoms with Crippen LogP contribution >= 0.6 is 0 Å². The Morgan fingerprint density at radius 1 is 0.774 bits per heavy atom. The summed E-state index contributed by atoms with van der Waals surface area (Å²) < 4.78 is 34.4. The molecule has 2 N–H and O–H groups in total. The summed E-state index contributed by atoms with van der Waals surface area (Å²) in [5, 5.41) is 3.23. The lowest BCUT2D eigenvalue weighted by Crippen LogP contribution is -2.40. The van der Waals surface area contributed by atoms with E-state index in [0.717, 1.165) is 22.8 Å². The van der Waals surface area contributed by atoms with E-state index >= 15 is 0 Å². The van der Waals surface area contributed by atoms with Crippen LogP contribution in [-0.2, 0) is 10.3 Å². The minimum atomic E-state index is -4.27. The Labute approximate surface area is 190 Å². The number of anilines is 2. The van der Waals surface area contributed by atoms with Crippen molar-refractivity contribution in [3.63, 3.8) is 0 Å². The molecule has 1 aromatic carbocycles. The standard InChI is InChI=1S/C25H44N2O3S/c1-2-3-4-5-6-7-8-9-10-11-12-13-14-15-16-17-22-25-26-23-20-18-19-21-24(23)27(25)31(28,29)30/h18-21,25-26H,2-17,22H2,1H3,(H,28,29,30). The number of benzene rings is 1. The largest absolute Gasteiger partial charge is 0.363 e. The molecule has 1 aromatic rings. The highest BCUT2D eigenvalue weighted by atomic mass is 32.2. The highest BCUT2D eigenvalue weighted by Gasteiger charge is 2.35. The maximum Gasteiger partial charge on any atom is 0.361 e. The van der Waals surface area contributed by atoms with Gasteiger partial charge >= 0.3 is 10.3 Å². The molecule has 0 fully saturated rings. The summed E-state index contributed by atoms with van der Waals surface area (Å²) in [4.78, 5) is 0. The first-order chi connectivity index (χ1) is 15.0. The Balaban J connectivity index is 1.45. The quantitative estimate of drug-likeness (QED) is 0.177. The first kappa shape index (κ1) is 26.0. The van der Waals surface area contributed by atoms with Crippen LogP contribution in [0.4, 0.5) is 11.4 Å². The molecule has 1 unspecified atom stereocenters. The maximum absolute atomic E-state index is 11.8. The Morgan fingerprint density at radius 2 is 1.23 bits per heavy atom. The van der Waals surface area contributed by atoms with Gasteiger partial charge in [-0.1, -0.05) is 115 Å². The van der Waals surface area contributed by atoms with Gasteiger partial charge in [-0.15, -0.1) is 0 Å². The average Bonchev–Trinajstić information content (AvgIpc) is 3.12. The predicted molar refractivity (Wildman–Crippen MR) is 132 cm³/mol. The summed E-state index contributed by atoms with van der Waals surface area (Å²) in [6, 6.07) is 7.23. The van der Waals surface area contributed by atoms with Crippen LogP contribution in [0.5, 0.6) is 0 Å². The van der Waals surface area contributed by atoms with Gasteiger partial charge in [0, 0.05) is 0 Å². The van der Waals surface area contributed by atoms with Crippen LogP contribution in [0, 0.1) is 0 Å². The molecular weight excluding hydrogens is 408 g/mol. The van der Waals surface area contributed by atoms with Crippen molar-refractivity contribution in [2.24, 2.45) is 0 Å². The van der Waals surface area contributed by atoms with Crippen LogP contribution < -0.4 is 9.62 Å². The summed E-state index contributed by atoms with van der Waals surface area (Å²) in [5.74, 6) is 0. The highest BCUT2D eigenvalue weighted by molar-refractivity contribution is 7.87. The van der Waals surface area contributed by atoms with Crippen LogP contribution in [0.2, 0.25) is 0 Å². The van der Waals surface area contributed by atoms with Crippen molar-refractivity contribution in [2.45, 2.75) is 122 Å². The lowest BCUT2D eigenvalue weighted by molar-refractivity contribution is 0.467. The molecule has 5 nitrogen and oxygen atoms in total. The predicted octanol–water partition coefficient (Wildman–Crippen LogP) is 7.70. The van der Waals surface area contributed by atoms with Gasteiger partial charge in [0.1, 0.15) is 6.17 Å². The number of hydrogen-bond donors (Lipinski definition) is 2. The van der Waals surface area contributed by atoms with Crippen molar-refractivity contribution in [1.82, 2.24) is 0 Å². The molecule has 0 aliphatic carbocycles. The molecule has 0 bridgehead atoms. The van der Waals surface area contributed by atoms with E-state index < -0.39 is 10.3 Å². The van der Waals surface area contributed by atoms with Crippen molar-refractivity contribution < 1.29 is 13.0 Å². The molecule has 0 radical (unpaired) electrons. The molecule has 2 rings (SSSR count). The minimum absolute atomic E-state index is 0.390. The number of para-hydroxylation sites is 2. The molecule has 1 aliphatic rings. The van der Waals surface area contributed by atoms with Gasteiger partial charge in [-0.3, -0.25) is 4.55 Å². The van der Waals surface area contributed by atoms with Gasteiger partial charge in [-0.05, 0) is 25.0 Å². The number of fused-ring (bicyclic) bond motifs is 1. The summed E-state index contributed by atoms with van der Waals surface area (Å²) in [6.07, 6.45) is 21.4. The van der Waals surface area contributed by atoms with Crippen molar-refractivity contribution in [2.75, 3.05) is 9.62 Å². The molecule has 178 valence electrons. The van der Waals surface area contributed by atoms with Crippen molar-refractivity contribution in [1.29, 1.82) is 0 Å². The molecule has 1 heterocycles. The molecule has 1 atom stereocenters. The van der Waals surface area contributed by atoms with Crippen LogP contribution in [0.15, 0.2) is 24.3 Å². The lowest BCUT2D eigenvalue weighted by atomic mass is 10.0. The fourth-order valence-electron chi connectivity index (χ4n) is 4.55. The fraction of sp³-hybridized carbons (Fsp3) is 0.760. The molecule has 0 aromatic heterocycles. The summed E-state index contributed by atoms with van der Waals surface area (Å²) in [7, 11) is -4.27. The zero-order valence-electron chi connectivity index (χ0n) is 19.5. The van der Waals surface area contributed by atoms with Gasteiger partial charge in [0.25, 0.3) is 0 Å². The van der Waals surface area contributed by atoms with Gasteiger partial charge in [0.05, 0.1) is 11.4 Å². The molecule has 6 heteroatoms. The normalized spacial score (nSPS) is 15.8. The zero-order chi connectivity index (χ0) is 22.4. The van der Waals surface area contributed by atoms with Crippen molar-refractivity contribution >= 4 is 21.7 Å². The second-order valence-electron chi connectivity index (χ2n) is 9.04. The Kier molecular flexibility index (Phi) is 12.3. The van der Waals surface area contributed by atoms with E-state index in [1.807, 2.05) is 12.1 Å². The molecule has 1 aliphatic heterocycles. The number of unbranched alkanes of at least 4 members (excludes halogenated alkanes) is 15. The van der Waals surface area contributed by atoms with Gasteiger partial charge in [0.15, 0.2) is 0 Å². The molecule has 0 saturated carbocycles. The van der Waals surface area contributed by atoms with Crippen molar-refractivity contribution in [3.05, 3.63) is 24.3 Å². The number of rotatable bonds is 18. The van der Waals surface area contributed by atoms with Gasteiger partial charge < -0.3 is 5.32 Å². The van der Waals surface area contributed by atoms with E-state index in [1.54, 1.807) is 12.1 Å². The van der Waals surface area contributed by atoms with Crippen LogP contribution in [0.3, 0.4) is 0 Å². The lowest BCUT2D eigenvalue weighted by Gasteiger charge is -2.23. The van der Waals surface area contributed by atoms with Gasteiger partial charge in [-0.25, -0.2) is 4.31 Å². The van der Waals surface area contributed by atoms with E-state index in [0.29, 0.717) is 12.1 Å². The van der Waals surface area contributed by atoms with E-state index in [1.165, 1.54) is 89.9 Å². The van der Waals surface area contributed by atoms with Crippen molar-refractivity contribution in [3.8, 4) is 0 Å². The summed E-state index contributed by atoms with van der Waals surface area (Å²) in [6.45, 7) is 2.27. The fourth-order valence-corrected chi connectivity index (χ4v) is 5.44. The van der Waals surface area contributed by atoms with E-state index in [9.17, 15) is 13.0 Å². The molecule has 0 saturated heterocycles. The zero-order valence-corrected chi connectivity index (χ0v) is 20.3. The minimum Gasteiger partial charge on any atom is -0.363 e. The van der Waals surface area contributed by atoms with E-state index in [-0.39, 0.29) is 6.17 Å². The SMILES string of the molecule is CCCCCCCCCCCCCCCCCCC1Nc2ccccc2N1S(=O)(=O)O. The number of nitrogens with one attached hydrogen (secondary N) is 1. The molecule has 0 spiro atoms. The third-order valence-corrected chi connectivity index (χ3v) is 7.27. The monoisotopic (exact) mass is 452 g/mol. The van der Waals surface area contributed by atoms with Gasteiger partial charge in [0.2, 0.25) is 0 Å². The smallest absolute Gasteiger partial charge is 0.361 e. The van der Waals surface area contributed by atoms with E-state index in [2.05, 4.69) is 12.2 Å². The third-order valence-electron chi connectivity index (χ3n) is 6.33. The van der Waals surface area contributed by atoms with Crippen LogP contribution in [0.25, 0.3) is 0 Å². The molecule has 31 heavy (non-hydrogen) atoms. The second-order valence-corrected chi connectivity index (χ2v) is 10.3. The first-order valence-electron chi connectivity index (χ1n) is 12.7. The summed E-state index contributed by atoms with van der Waals surface area (Å²) in [5.41, 5.74) is 1.30. The van der Waals surface area contributed by atoms with E-state index in [4.69, 9.17) is 0 Å². The Morgan fingerprint density at radius 3 is 1.71 bits per heavy atom. The molecular formula is C25H44N2O3S. The Hall–Kier alpha value is -1.27. The maximum atomic E-state index is 11.8. The van der Waals surface area contributed by atoms with Crippen LogP contribution in [-0.4, -0.2) is 19.1 Å². The van der Waals surface area contributed by atoms with Crippen LogP contribution in [0.1, 0.15) is 116 Å².